The lowest BCUT2D eigenvalue weighted by Gasteiger charge is -1.97. The molecule has 0 aliphatic heterocycles. The molecule has 2 aromatic carbocycles. The molecule has 0 saturated heterocycles. The van der Waals surface area contributed by atoms with Gasteiger partial charge in [0.05, 0.1) is 6.20 Å². The van der Waals surface area contributed by atoms with Crippen LogP contribution in [0.15, 0.2) is 65.2 Å². The van der Waals surface area contributed by atoms with Crippen LogP contribution in [0.5, 0.6) is 5.75 Å². The summed E-state index contributed by atoms with van der Waals surface area (Å²) in [6.07, 6.45) is 1.66. The number of hydrogen-bond acceptors (Lipinski definition) is 3. The van der Waals surface area contributed by atoms with Gasteiger partial charge in [-0.05, 0) is 24.3 Å². The maximum atomic E-state index is 9.44. The number of oxazole rings is 1. The molecular weight excluding hydrogens is 226 g/mol. The van der Waals surface area contributed by atoms with Crippen molar-refractivity contribution in [2.24, 2.45) is 0 Å². The minimum Gasteiger partial charge on any atom is -0.508 e. The first-order valence-electron chi connectivity index (χ1n) is 5.63. The Kier molecular flexibility index (Phi) is 2.57. The van der Waals surface area contributed by atoms with Crippen molar-refractivity contribution in [2.75, 3.05) is 0 Å². The smallest absolute Gasteiger partial charge is 0.226 e. The zero-order valence-corrected chi connectivity index (χ0v) is 9.58. The second-order valence-electron chi connectivity index (χ2n) is 3.95. The number of aromatic hydroxyl groups is 1. The lowest BCUT2D eigenvalue weighted by Crippen LogP contribution is -1.74. The van der Waals surface area contributed by atoms with E-state index in [9.17, 15) is 5.11 Å². The summed E-state index contributed by atoms with van der Waals surface area (Å²) in [5.41, 5.74) is 1.74. The second kappa shape index (κ2) is 4.37. The van der Waals surface area contributed by atoms with Gasteiger partial charge in [-0.2, -0.15) is 0 Å². The van der Waals surface area contributed by atoms with Crippen molar-refractivity contribution in [2.45, 2.75) is 0 Å². The normalized spacial score (nSPS) is 10.4. The molecule has 3 heteroatoms. The van der Waals surface area contributed by atoms with E-state index in [0.29, 0.717) is 11.7 Å². The van der Waals surface area contributed by atoms with Gasteiger partial charge >= 0.3 is 0 Å². The van der Waals surface area contributed by atoms with Crippen LogP contribution in [0.25, 0.3) is 22.8 Å². The summed E-state index contributed by atoms with van der Waals surface area (Å²) in [5.74, 6) is 1.43. The molecule has 3 nitrogen and oxygen atoms in total. The van der Waals surface area contributed by atoms with Gasteiger partial charge in [0.1, 0.15) is 5.75 Å². The van der Waals surface area contributed by atoms with Crippen molar-refractivity contribution >= 4 is 0 Å². The fraction of sp³-hybridized carbons (Fsp3) is 0. The molecule has 3 rings (SSSR count). The summed E-state index contributed by atoms with van der Waals surface area (Å²) >= 11 is 0. The van der Waals surface area contributed by atoms with Crippen LogP contribution < -0.4 is 0 Å². The molecule has 3 aromatic rings. The van der Waals surface area contributed by atoms with Crippen LogP contribution in [0.4, 0.5) is 0 Å². The summed E-state index contributed by atoms with van der Waals surface area (Å²) in [6, 6.07) is 16.6. The molecule has 0 fully saturated rings. The molecule has 0 aliphatic rings. The van der Waals surface area contributed by atoms with E-state index >= 15 is 0 Å². The first-order valence-corrected chi connectivity index (χ1v) is 5.63. The molecule has 0 aliphatic carbocycles. The molecule has 1 aromatic heterocycles. The van der Waals surface area contributed by atoms with Crippen molar-refractivity contribution in [3.05, 3.63) is 60.8 Å². The van der Waals surface area contributed by atoms with Gasteiger partial charge in [-0.1, -0.05) is 30.3 Å². The number of rotatable bonds is 2. The van der Waals surface area contributed by atoms with Crippen LogP contribution in [0.1, 0.15) is 0 Å². The fourth-order valence-electron chi connectivity index (χ4n) is 1.78. The van der Waals surface area contributed by atoms with E-state index < -0.39 is 0 Å². The zero-order valence-electron chi connectivity index (χ0n) is 9.58. The minimum absolute atomic E-state index is 0.213. The van der Waals surface area contributed by atoms with E-state index in [0.717, 1.165) is 11.1 Å². The Hall–Kier alpha value is -2.55. The third-order valence-corrected chi connectivity index (χ3v) is 2.66. The van der Waals surface area contributed by atoms with E-state index in [-0.39, 0.29) is 5.75 Å². The molecule has 0 atom stereocenters. The van der Waals surface area contributed by atoms with Crippen LogP contribution >= 0.6 is 0 Å². The van der Waals surface area contributed by atoms with Crippen molar-refractivity contribution in [1.82, 2.24) is 4.98 Å². The molecular formula is C15H11NO2. The maximum absolute atomic E-state index is 9.44. The van der Waals surface area contributed by atoms with Crippen LogP contribution in [0.2, 0.25) is 0 Å². The standard InChI is InChI=1S/C15H11NO2/c17-13-8-4-7-12(9-13)14-10-16-15(18-14)11-5-2-1-3-6-11/h1-10,17H. The van der Waals surface area contributed by atoms with E-state index in [1.54, 1.807) is 24.4 Å². The molecule has 0 unspecified atom stereocenters. The molecule has 0 bridgehead atoms. The average Bonchev–Trinajstić information content (AvgIpc) is 2.89. The van der Waals surface area contributed by atoms with Gasteiger partial charge in [-0.3, -0.25) is 0 Å². The zero-order chi connectivity index (χ0) is 12.4. The van der Waals surface area contributed by atoms with Crippen molar-refractivity contribution < 1.29 is 9.52 Å². The Morgan fingerprint density at radius 1 is 0.889 bits per heavy atom. The topological polar surface area (TPSA) is 46.3 Å². The first-order chi connectivity index (χ1) is 8.83. The van der Waals surface area contributed by atoms with Crippen molar-refractivity contribution in [3.8, 4) is 28.5 Å². The van der Waals surface area contributed by atoms with Crippen LogP contribution in [0, 0.1) is 0 Å². The number of nitrogens with zero attached hydrogens (tertiary/aromatic N) is 1. The monoisotopic (exact) mass is 237 g/mol. The molecule has 1 N–H and O–H groups in total. The third kappa shape index (κ3) is 1.98. The number of benzene rings is 2. The predicted octanol–water partition coefficient (Wildman–Crippen LogP) is 3.71. The predicted molar refractivity (Wildman–Crippen MR) is 69.0 cm³/mol. The average molecular weight is 237 g/mol. The van der Waals surface area contributed by atoms with E-state index in [4.69, 9.17) is 4.42 Å². The van der Waals surface area contributed by atoms with Gasteiger partial charge in [-0.15, -0.1) is 0 Å². The van der Waals surface area contributed by atoms with Gasteiger partial charge in [0, 0.05) is 11.1 Å². The quantitative estimate of drug-likeness (QED) is 0.739. The Labute approximate surface area is 104 Å². The summed E-state index contributed by atoms with van der Waals surface area (Å²) < 4.78 is 5.69. The number of aromatic nitrogens is 1. The van der Waals surface area contributed by atoms with Gasteiger partial charge in [-0.25, -0.2) is 4.98 Å². The Morgan fingerprint density at radius 2 is 1.67 bits per heavy atom. The molecule has 0 amide bonds. The van der Waals surface area contributed by atoms with Crippen molar-refractivity contribution in [3.63, 3.8) is 0 Å². The minimum atomic E-state index is 0.213. The van der Waals surface area contributed by atoms with Gasteiger partial charge in [0.2, 0.25) is 5.89 Å². The molecule has 0 saturated carbocycles. The Morgan fingerprint density at radius 3 is 2.44 bits per heavy atom. The first kappa shape index (κ1) is 10.6. The summed E-state index contributed by atoms with van der Waals surface area (Å²) in [4.78, 5) is 4.24. The highest BCUT2D eigenvalue weighted by molar-refractivity contribution is 5.62. The molecule has 1 heterocycles. The number of hydrogen-bond donors (Lipinski definition) is 1. The highest BCUT2D eigenvalue weighted by atomic mass is 16.4. The molecule has 18 heavy (non-hydrogen) atoms. The van der Waals surface area contributed by atoms with E-state index in [1.807, 2.05) is 36.4 Å². The summed E-state index contributed by atoms with van der Waals surface area (Å²) in [5, 5.41) is 9.44. The SMILES string of the molecule is Oc1cccc(-c2cnc(-c3ccccc3)o2)c1. The van der Waals surface area contributed by atoms with Crippen LogP contribution in [0.3, 0.4) is 0 Å². The molecule has 0 radical (unpaired) electrons. The van der Waals surface area contributed by atoms with E-state index in [1.165, 1.54) is 0 Å². The molecule has 88 valence electrons. The van der Waals surface area contributed by atoms with Gasteiger partial charge in [0.15, 0.2) is 5.76 Å². The Bertz CT molecular complexity index is 659. The highest BCUT2D eigenvalue weighted by Crippen LogP contribution is 2.27. The lowest BCUT2D eigenvalue weighted by molar-refractivity contribution is 0.475. The number of phenolic OH excluding ortho intramolecular Hbond substituents is 1. The van der Waals surface area contributed by atoms with Crippen molar-refractivity contribution in [1.29, 1.82) is 0 Å². The van der Waals surface area contributed by atoms with Gasteiger partial charge in [0.25, 0.3) is 0 Å². The fourth-order valence-corrected chi connectivity index (χ4v) is 1.78. The Balaban J connectivity index is 2.00. The second-order valence-corrected chi connectivity index (χ2v) is 3.95. The van der Waals surface area contributed by atoms with Crippen LogP contribution in [-0.4, -0.2) is 10.1 Å². The molecule has 0 spiro atoms. The van der Waals surface area contributed by atoms with E-state index in [2.05, 4.69) is 4.98 Å². The largest absolute Gasteiger partial charge is 0.508 e. The third-order valence-electron chi connectivity index (χ3n) is 2.66. The summed E-state index contributed by atoms with van der Waals surface area (Å²) in [6.45, 7) is 0. The summed E-state index contributed by atoms with van der Waals surface area (Å²) in [7, 11) is 0. The highest BCUT2D eigenvalue weighted by Gasteiger charge is 2.08. The maximum Gasteiger partial charge on any atom is 0.226 e. The van der Waals surface area contributed by atoms with Crippen LogP contribution in [-0.2, 0) is 0 Å². The van der Waals surface area contributed by atoms with Gasteiger partial charge < -0.3 is 9.52 Å². The lowest BCUT2D eigenvalue weighted by atomic mass is 10.2. The number of phenols is 1.